The van der Waals surface area contributed by atoms with Crippen LogP contribution in [0.1, 0.15) is 53.4 Å². The standard InChI is InChI=1S/C24H25IN6O4.C23H26N6O6/c1-3-11-30-22-20(23(33)31(12-4-2)24(30)34)28-21(29-22)15-5-10-19(26-13-15)35-14-18(32)27-17-8-6-16(25)7-9-17;1-4-10-28-21-19(22(31)29(11-5-2)23(28)32)25-20(26-21)16-12-18(27-35-16)34-13-17(30)24-14-6-8-15(33-3)9-7-14/h5-10,13H,3-4,11-12,14H2,1-2H3,(H,27,32)(H,28,29);6-9,12H,4-5,10-11,13H2,1-3H3,(H,24,30)(H,25,26). The van der Waals surface area contributed by atoms with Gasteiger partial charge in [-0.05, 0) is 108 Å². The number of anilines is 2. The molecule has 8 rings (SSSR count). The minimum atomic E-state index is -0.441. The fraction of sp³-hybridized carbons (Fsp3) is 0.319. The van der Waals surface area contributed by atoms with Crippen LogP contribution >= 0.6 is 22.6 Å². The van der Waals surface area contributed by atoms with Gasteiger partial charge in [0.1, 0.15) is 17.1 Å². The van der Waals surface area contributed by atoms with E-state index in [1.807, 2.05) is 52.0 Å². The fourth-order valence-corrected chi connectivity index (χ4v) is 7.56. The molecular weight excluding hydrogens is 1020 g/mol. The minimum Gasteiger partial charge on any atom is -0.497 e. The van der Waals surface area contributed by atoms with Crippen LogP contribution in [-0.2, 0) is 35.8 Å². The molecule has 0 aliphatic carbocycles. The number of H-pyrrole nitrogens is 2. The minimum absolute atomic E-state index is 0.0691. The lowest BCUT2D eigenvalue weighted by Gasteiger charge is -2.09. The maximum Gasteiger partial charge on any atom is 0.332 e. The number of nitrogens with one attached hydrogen (secondary N) is 4. The predicted octanol–water partition coefficient (Wildman–Crippen LogP) is 5.78. The first-order valence-electron chi connectivity index (χ1n) is 22.5. The lowest BCUT2D eigenvalue weighted by Crippen LogP contribution is -2.40. The highest BCUT2D eigenvalue weighted by atomic mass is 127. The molecule has 0 atom stereocenters. The van der Waals surface area contributed by atoms with E-state index in [0.29, 0.717) is 79.6 Å². The number of carbonyl (C=O) groups excluding carboxylic acids is 2. The molecule has 8 aromatic rings. The summed E-state index contributed by atoms with van der Waals surface area (Å²) in [5.74, 6) is 1.18. The van der Waals surface area contributed by atoms with E-state index in [4.69, 9.17) is 18.7 Å². The Labute approximate surface area is 412 Å². The Bertz CT molecular complexity index is 3350. The zero-order chi connectivity index (χ0) is 49.9. The monoisotopic (exact) mass is 1070 g/mol. The zero-order valence-corrected chi connectivity index (χ0v) is 41.2. The van der Waals surface area contributed by atoms with Gasteiger partial charge in [0.05, 0.1) is 13.2 Å². The number of hydrogen-bond donors (Lipinski definition) is 4. The highest BCUT2D eigenvalue weighted by molar-refractivity contribution is 14.1. The van der Waals surface area contributed by atoms with Crippen LogP contribution in [0.3, 0.4) is 0 Å². The number of rotatable bonds is 19. The number of methoxy groups -OCH3 is 1. The first-order valence-corrected chi connectivity index (χ1v) is 23.6. The lowest BCUT2D eigenvalue weighted by molar-refractivity contribution is -0.118. The SMILES string of the molecule is CCCn1c(=O)c2[nH]c(-c3cc(OCC(=O)Nc4ccc(OC)cc4)no3)nc2n(CCC)c1=O.CCCn1c(=O)c2[nH]c(-c3ccc(OCC(=O)Nc4ccc(I)cc4)nc3)nc2n(CCC)c1=O. The molecule has 0 saturated carbocycles. The number of fused-ring (bicyclic) bond motifs is 2. The molecule has 0 aliphatic rings. The predicted molar refractivity (Wildman–Crippen MR) is 270 cm³/mol. The van der Waals surface area contributed by atoms with Crippen LogP contribution in [-0.4, -0.2) is 80.5 Å². The number of imidazole rings is 2. The van der Waals surface area contributed by atoms with Crippen molar-refractivity contribution < 1.29 is 28.3 Å². The fourth-order valence-electron chi connectivity index (χ4n) is 7.20. The van der Waals surface area contributed by atoms with Crippen molar-refractivity contribution >= 4 is 68.1 Å². The summed E-state index contributed by atoms with van der Waals surface area (Å²) in [5, 5.41) is 9.26. The third-order valence-corrected chi connectivity index (χ3v) is 11.2. The van der Waals surface area contributed by atoms with Gasteiger partial charge in [0.15, 0.2) is 35.8 Å². The molecule has 2 aromatic carbocycles. The first-order chi connectivity index (χ1) is 33.8. The van der Waals surface area contributed by atoms with Gasteiger partial charge in [0.25, 0.3) is 28.8 Å². The van der Waals surface area contributed by atoms with E-state index in [-0.39, 0.29) is 76.3 Å². The Morgan fingerprint density at radius 1 is 0.643 bits per heavy atom. The molecule has 0 saturated heterocycles. The summed E-state index contributed by atoms with van der Waals surface area (Å²) in [7, 11) is 1.56. The number of aromatic nitrogens is 10. The lowest BCUT2D eigenvalue weighted by atomic mass is 10.3. The highest BCUT2D eigenvalue weighted by Gasteiger charge is 2.21. The van der Waals surface area contributed by atoms with Crippen LogP contribution in [0, 0.1) is 3.57 Å². The van der Waals surface area contributed by atoms with Gasteiger partial charge < -0.3 is 39.3 Å². The quantitative estimate of drug-likeness (QED) is 0.0700. The van der Waals surface area contributed by atoms with E-state index in [1.54, 1.807) is 43.5 Å². The van der Waals surface area contributed by atoms with E-state index in [9.17, 15) is 28.8 Å². The molecule has 22 nitrogen and oxygen atoms in total. The molecule has 0 radical (unpaired) electrons. The largest absolute Gasteiger partial charge is 0.497 e. The number of nitrogens with zero attached hydrogens (tertiary/aromatic N) is 8. The van der Waals surface area contributed by atoms with E-state index >= 15 is 0 Å². The summed E-state index contributed by atoms with van der Waals surface area (Å²) < 4.78 is 27.8. The van der Waals surface area contributed by atoms with Crippen LogP contribution in [0.2, 0.25) is 0 Å². The average Bonchev–Trinajstić information content (AvgIpc) is 4.15. The Hall–Kier alpha value is -7.83. The van der Waals surface area contributed by atoms with Crippen LogP contribution in [0.25, 0.3) is 45.3 Å². The molecule has 70 heavy (non-hydrogen) atoms. The molecule has 0 aliphatic heterocycles. The molecule has 6 aromatic heterocycles. The van der Waals surface area contributed by atoms with E-state index in [0.717, 1.165) is 9.99 Å². The molecule has 0 unspecified atom stereocenters. The van der Waals surface area contributed by atoms with Gasteiger partial charge in [-0.25, -0.2) is 24.5 Å². The second kappa shape index (κ2) is 23.0. The van der Waals surface area contributed by atoms with E-state index < -0.39 is 11.2 Å². The maximum atomic E-state index is 12.9. The second-order valence-corrected chi connectivity index (χ2v) is 16.9. The zero-order valence-electron chi connectivity index (χ0n) is 39.0. The molecule has 0 fully saturated rings. The van der Waals surface area contributed by atoms with Crippen molar-refractivity contribution in [3.63, 3.8) is 0 Å². The smallest absolute Gasteiger partial charge is 0.332 e. The van der Waals surface area contributed by atoms with Crippen LogP contribution in [0.4, 0.5) is 11.4 Å². The molecule has 23 heteroatoms. The molecule has 2 amide bonds. The number of hydrogen-bond acceptors (Lipinski definition) is 14. The van der Waals surface area contributed by atoms with Crippen LogP contribution < -0.4 is 47.3 Å². The molecule has 4 N–H and O–H groups in total. The summed E-state index contributed by atoms with van der Waals surface area (Å²) in [5.41, 5.74) is 1.40. The summed E-state index contributed by atoms with van der Waals surface area (Å²) >= 11 is 2.19. The number of carbonyl (C=O) groups is 2. The van der Waals surface area contributed by atoms with Crippen LogP contribution in [0.5, 0.6) is 17.5 Å². The Morgan fingerprint density at radius 3 is 1.63 bits per heavy atom. The third kappa shape index (κ3) is 11.5. The number of amides is 2. The summed E-state index contributed by atoms with van der Waals surface area (Å²) in [4.78, 5) is 94.9. The van der Waals surface area contributed by atoms with Crippen molar-refractivity contribution in [2.75, 3.05) is 31.0 Å². The van der Waals surface area contributed by atoms with Crippen molar-refractivity contribution in [2.24, 2.45) is 0 Å². The van der Waals surface area contributed by atoms with Crippen molar-refractivity contribution in [1.29, 1.82) is 0 Å². The van der Waals surface area contributed by atoms with Gasteiger partial charge in [0.2, 0.25) is 11.6 Å². The number of aryl methyl sites for hydroxylation is 2. The van der Waals surface area contributed by atoms with E-state index in [2.05, 4.69) is 63.3 Å². The van der Waals surface area contributed by atoms with Crippen molar-refractivity contribution in [3.8, 4) is 40.5 Å². The van der Waals surface area contributed by atoms with Crippen molar-refractivity contribution in [3.05, 3.63) is 118 Å². The third-order valence-electron chi connectivity index (χ3n) is 10.4. The van der Waals surface area contributed by atoms with Crippen molar-refractivity contribution in [2.45, 2.75) is 79.6 Å². The number of pyridine rings is 1. The number of ether oxygens (including phenoxy) is 3. The molecule has 0 bridgehead atoms. The summed E-state index contributed by atoms with van der Waals surface area (Å²) in [6.45, 7) is 8.75. The number of aromatic amines is 2. The van der Waals surface area contributed by atoms with Gasteiger partial charge in [-0.2, -0.15) is 0 Å². The van der Waals surface area contributed by atoms with Gasteiger partial charge in [-0.3, -0.25) is 37.4 Å². The molecule has 0 spiro atoms. The Balaban J connectivity index is 0.000000206. The molecular formula is C47H51IN12O10. The van der Waals surface area contributed by atoms with Gasteiger partial charge >= 0.3 is 11.4 Å². The highest BCUT2D eigenvalue weighted by Crippen LogP contribution is 2.24. The van der Waals surface area contributed by atoms with Gasteiger partial charge in [-0.15, -0.1) is 0 Å². The summed E-state index contributed by atoms with van der Waals surface area (Å²) in [6, 6.07) is 19.1. The van der Waals surface area contributed by atoms with Gasteiger partial charge in [-0.1, -0.05) is 27.7 Å². The number of halogens is 1. The maximum absolute atomic E-state index is 12.9. The average molecular weight is 1070 g/mol. The first kappa shape index (κ1) is 50.1. The van der Waals surface area contributed by atoms with Gasteiger partial charge in [0, 0.05) is 59.0 Å². The van der Waals surface area contributed by atoms with E-state index in [1.165, 1.54) is 30.5 Å². The summed E-state index contributed by atoms with van der Waals surface area (Å²) in [6.07, 6.45) is 4.27. The second-order valence-electron chi connectivity index (χ2n) is 15.7. The topological polar surface area (TPSA) is 270 Å². The van der Waals surface area contributed by atoms with Crippen molar-refractivity contribution in [1.82, 2.24) is 48.3 Å². The Kier molecular flexibility index (Phi) is 16.4. The molecule has 366 valence electrons. The Morgan fingerprint density at radius 2 is 1.13 bits per heavy atom. The number of benzene rings is 2. The molecule has 6 heterocycles. The van der Waals surface area contributed by atoms with Crippen LogP contribution in [0.15, 0.2) is 96.6 Å². The normalized spacial score (nSPS) is 11.1.